The number of benzene rings is 3. The number of amides is 1. The molecule has 1 unspecified atom stereocenters. The molecule has 1 N–H and O–H groups in total. The van der Waals surface area contributed by atoms with Gasteiger partial charge in [-0.3, -0.25) is 4.79 Å². The molecule has 33 heavy (non-hydrogen) atoms. The fourth-order valence-electron chi connectivity index (χ4n) is 3.46. The molecule has 0 aliphatic heterocycles. The molecular weight excluding hydrogens is 436 g/mol. The molecular formula is C26H30N2O4S. The average Bonchev–Trinajstić information content (AvgIpc) is 2.81. The summed E-state index contributed by atoms with van der Waals surface area (Å²) in [6, 6.07) is 21.4. The van der Waals surface area contributed by atoms with Gasteiger partial charge >= 0.3 is 0 Å². The highest BCUT2D eigenvalue weighted by Gasteiger charge is 2.23. The SMILES string of the molecule is CCOc1ccc(C(=O)NC(C)c2ccccc2)cc1CN(C)S(=O)(=O)c1ccc(C)cc1. The van der Waals surface area contributed by atoms with Crippen LogP contribution in [-0.4, -0.2) is 32.3 Å². The van der Waals surface area contributed by atoms with Crippen molar-refractivity contribution in [2.45, 2.75) is 38.3 Å². The monoisotopic (exact) mass is 466 g/mol. The van der Waals surface area contributed by atoms with Crippen LogP contribution in [-0.2, 0) is 16.6 Å². The van der Waals surface area contributed by atoms with Crippen molar-refractivity contribution in [2.75, 3.05) is 13.7 Å². The first kappa shape index (κ1) is 24.5. The van der Waals surface area contributed by atoms with Gasteiger partial charge in [0.1, 0.15) is 5.75 Å². The van der Waals surface area contributed by atoms with Crippen molar-refractivity contribution in [1.29, 1.82) is 0 Å². The van der Waals surface area contributed by atoms with Gasteiger partial charge in [0, 0.05) is 24.7 Å². The van der Waals surface area contributed by atoms with E-state index in [1.54, 1.807) is 42.5 Å². The van der Waals surface area contributed by atoms with E-state index in [0.29, 0.717) is 23.5 Å². The molecule has 0 spiro atoms. The first-order valence-electron chi connectivity index (χ1n) is 10.9. The van der Waals surface area contributed by atoms with Gasteiger partial charge in [-0.05, 0) is 56.7 Å². The minimum atomic E-state index is -3.70. The number of nitrogens with one attached hydrogen (secondary N) is 1. The maximum atomic E-state index is 13.0. The molecule has 0 aliphatic rings. The van der Waals surface area contributed by atoms with E-state index in [1.165, 1.54) is 11.4 Å². The van der Waals surface area contributed by atoms with E-state index < -0.39 is 10.0 Å². The Bertz CT molecular complexity index is 1190. The van der Waals surface area contributed by atoms with Gasteiger partial charge in [0.25, 0.3) is 5.91 Å². The Hall–Kier alpha value is -3.16. The Morgan fingerprint density at radius 3 is 2.33 bits per heavy atom. The molecule has 174 valence electrons. The Balaban J connectivity index is 1.83. The quantitative estimate of drug-likeness (QED) is 0.496. The molecule has 1 amide bonds. The predicted molar refractivity (Wildman–Crippen MR) is 130 cm³/mol. The van der Waals surface area contributed by atoms with Crippen molar-refractivity contribution < 1.29 is 17.9 Å². The van der Waals surface area contributed by atoms with Crippen molar-refractivity contribution in [1.82, 2.24) is 9.62 Å². The molecule has 0 saturated heterocycles. The summed E-state index contributed by atoms with van der Waals surface area (Å²) in [4.78, 5) is 13.1. The number of ether oxygens (including phenoxy) is 1. The molecule has 3 aromatic carbocycles. The Morgan fingerprint density at radius 2 is 1.70 bits per heavy atom. The standard InChI is InChI=1S/C26H30N2O4S/c1-5-32-25-16-13-22(26(29)27-20(3)21-9-7-6-8-10-21)17-23(25)18-28(4)33(30,31)24-14-11-19(2)12-15-24/h6-17,20H,5,18H2,1-4H3,(H,27,29). The van der Waals surface area contributed by atoms with Gasteiger partial charge in [-0.1, -0.05) is 48.0 Å². The molecule has 0 saturated carbocycles. The summed E-state index contributed by atoms with van der Waals surface area (Å²) in [6.07, 6.45) is 0. The van der Waals surface area contributed by atoms with Gasteiger partial charge in [0.2, 0.25) is 10.0 Å². The van der Waals surface area contributed by atoms with Crippen LogP contribution in [0.15, 0.2) is 77.7 Å². The minimum Gasteiger partial charge on any atom is -0.494 e. The normalized spacial score (nSPS) is 12.4. The van der Waals surface area contributed by atoms with E-state index in [-0.39, 0.29) is 23.4 Å². The summed E-state index contributed by atoms with van der Waals surface area (Å²) in [7, 11) is -2.17. The highest BCUT2D eigenvalue weighted by molar-refractivity contribution is 7.89. The van der Waals surface area contributed by atoms with E-state index in [0.717, 1.165) is 11.1 Å². The molecule has 0 radical (unpaired) electrons. The van der Waals surface area contributed by atoms with Crippen LogP contribution in [0.1, 0.15) is 46.9 Å². The van der Waals surface area contributed by atoms with Crippen LogP contribution in [0.25, 0.3) is 0 Å². The fraction of sp³-hybridized carbons (Fsp3) is 0.269. The molecule has 6 nitrogen and oxygen atoms in total. The molecule has 1 atom stereocenters. The van der Waals surface area contributed by atoms with Crippen molar-refractivity contribution in [3.63, 3.8) is 0 Å². The van der Waals surface area contributed by atoms with Crippen molar-refractivity contribution in [2.24, 2.45) is 0 Å². The van der Waals surface area contributed by atoms with Gasteiger partial charge in [0.15, 0.2) is 0 Å². The maximum absolute atomic E-state index is 13.0. The smallest absolute Gasteiger partial charge is 0.251 e. The van der Waals surface area contributed by atoms with E-state index in [1.807, 2.05) is 51.1 Å². The number of rotatable bonds is 9. The second-order valence-electron chi connectivity index (χ2n) is 7.94. The van der Waals surface area contributed by atoms with Crippen LogP contribution in [0.2, 0.25) is 0 Å². The summed E-state index contributed by atoms with van der Waals surface area (Å²) >= 11 is 0. The number of carbonyl (C=O) groups excluding carboxylic acids is 1. The summed E-state index contributed by atoms with van der Waals surface area (Å²) < 4.78 is 33.1. The highest BCUT2D eigenvalue weighted by Crippen LogP contribution is 2.25. The Kier molecular flexibility index (Phi) is 7.89. The van der Waals surface area contributed by atoms with Gasteiger partial charge in [0.05, 0.1) is 17.5 Å². The number of hydrogen-bond donors (Lipinski definition) is 1. The van der Waals surface area contributed by atoms with Gasteiger partial charge in [-0.15, -0.1) is 0 Å². The minimum absolute atomic E-state index is 0.0703. The molecule has 7 heteroatoms. The fourth-order valence-corrected chi connectivity index (χ4v) is 4.61. The lowest BCUT2D eigenvalue weighted by molar-refractivity contribution is 0.0939. The third kappa shape index (κ3) is 6.00. The van der Waals surface area contributed by atoms with E-state index >= 15 is 0 Å². The lowest BCUT2D eigenvalue weighted by Crippen LogP contribution is -2.28. The molecule has 0 bridgehead atoms. The third-order valence-electron chi connectivity index (χ3n) is 5.39. The Labute approximate surface area is 196 Å². The molecule has 0 aromatic heterocycles. The molecule has 3 aromatic rings. The topological polar surface area (TPSA) is 75.7 Å². The molecule has 0 aliphatic carbocycles. The van der Waals surface area contributed by atoms with Crippen LogP contribution in [0.5, 0.6) is 5.75 Å². The largest absolute Gasteiger partial charge is 0.494 e. The molecule has 3 rings (SSSR count). The van der Waals surface area contributed by atoms with Crippen molar-refractivity contribution in [3.05, 3.63) is 95.1 Å². The zero-order valence-electron chi connectivity index (χ0n) is 19.4. The van der Waals surface area contributed by atoms with E-state index in [2.05, 4.69) is 5.32 Å². The number of hydrogen-bond acceptors (Lipinski definition) is 4. The maximum Gasteiger partial charge on any atom is 0.251 e. The van der Waals surface area contributed by atoms with Crippen molar-refractivity contribution in [3.8, 4) is 5.75 Å². The second kappa shape index (κ2) is 10.6. The summed E-state index contributed by atoms with van der Waals surface area (Å²) in [5.41, 5.74) is 3.05. The van der Waals surface area contributed by atoms with Crippen LogP contribution in [0, 0.1) is 6.92 Å². The number of aryl methyl sites for hydroxylation is 1. The summed E-state index contributed by atoms with van der Waals surface area (Å²) in [6.45, 7) is 6.19. The third-order valence-corrected chi connectivity index (χ3v) is 7.21. The average molecular weight is 467 g/mol. The number of nitrogens with zero attached hydrogens (tertiary/aromatic N) is 1. The number of carbonyl (C=O) groups is 1. The van der Waals surface area contributed by atoms with Crippen LogP contribution in [0.4, 0.5) is 0 Å². The Morgan fingerprint density at radius 1 is 1.03 bits per heavy atom. The van der Waals surface area contributed by atoms with Crippen LogP contribution >= 0.6 is 0 Å². The van der Waals surface area contributed by atoms with Gasteiger partial charge in [-0.25, -0.2) is 8.42 Å². The predicted octanol–water partition coefficient (Wildman–Crippen LogP) is 4.71. The van der Waals surface area contributed by atoms with Crippen LogP contribution < -0.4 is 10.1 Å². The second-order valence-corrected chi connectivity index (χ2v) is 9.98. The summed E-state index contributed by atoms with van der Waals surface area (Å²) in [5, 5.41) is 2.99. The number of sulfonamides is 1. The molecule has 0 heterocycles. The lowest BCUT2D eigenvalue weighted by atomic mass is 10.1. The lowest BCUT2D eigenvalue weighted by Gasteiger charge is -2.20. The van der Waals surface area contributed by atoms with Gasteiger partial charge in [-0.2, -0.15) is 4.31 Å². The highest BCUT2D eigenvalue weighted by atomic mass is 32.2. The zero-order chi connectivity index (χ0) is 24.0. The first-order valence-corrected chi connectivity index (χ1v) is 12.3. The van der Waals surface area contributed by atoms with E-state index in [4.69, 9.17) is 4.74 Å². The van der Waals surface area contributed by atoms with Gasteiger partial charge < -0.3 is 10.1 Å². The van der Waals surface area contributed by atoms with Crippen LogP contribution in [0.3, 0.4) is 0 Å². The van der Waals surface area contributed by atoms with Crippen molar-refractivity contribution >= 4 is 15.9 Å². The molecule has 0 fully saturated rings. The summed E-state index contributed by atoms with van der Waals surface area (Å²) in [5.74, 6) is 0.316. The van der Waals surface area contributed by atoms with E-state index in [9.17, 15) is 13.2 Å². The zero-order valence-corrected chi connectivity index (χ0v) is 20.2. The first-order chi connectivity index (χ1) is 15.7.